The molecule has 0 aliphatic rings. The van der Waals surface area contributed by atoms with Gasteiger partial charge in [-0.25, -0.2) is 4.98 Å². The molecule has 0 fully saturated rings. The van der Waals surface area contributed by atoms with Crippen LogP contribution < -0.4 is 11.1 Å². The Morgan fingerprint density at radius 2 is 2.10 bits per heavy atom. The van der Waals surface area contributed by atoms with Crippen molar-refractivity contribution in [2.75, 3.05) is 11.1 Å². The summed E-state index contributed by atoms with van der Waals surface area (Å²) >= 11 is 1.40. The zero-order valence-electron chi connectivity index (χ0n) is 12.3. The first-order chi connectivity index (χ1) is 9.20. The monoisotopic (exact) mass is 293 g/mol. The third-order valence-electron chi connectivity index (χ3n) is 2.98. The number of rotatable bonds is 2. The lowest BCUT2D eigenvalue weighted by Crippen LogP contribution is -2.18. The van der Waals surface area contributed by atoms with Gasteiger partial charge in [0.15, 0.2) is 5.13 Å². The van der Waals surface area contributed by atoms with Crippen LogP contribution in [-0.2, 0) is 12.5 Å². The van der Waals surface area contributed by atoms with Crippen molar-refractivity contribution in [2.45, 2.75) is 33.1 Å². The maximum Gasteiger partial charge on any atom is 0.277 e. The van der Waals surface area contributed by atoms with Gasteiger partial charge in [-0.1, -0.05) is 20.8 Å². The molecule has 2 rings (SSSR count). The SMILES string of the molecule is Cc1nn(C)c(C(=O)Nc2nc(C(C)(C)C)cs2)c1N. The number of aromatic nitrogens is 3. The van der Waals surface area contributed by atoms with E-state index in [1.54, 1.807) is 14.0 Å². The molecular formula is C13H19N5OS. The van der Waals surface area contributed by atoms with Crippen molar-refractivity contribution in [3.63, 3.8) is 0 Å². The van der Waals surface area contributed by atoms with Crippen LogP contribution in [0.5, 0.6) is 0 Å². The number of aryl methyl sites for hydroxylation is 2. The summed E-state index contributed by atoms with van der Waals surface area (Å²) in [7, 11) is 1.70. The molecule has 2 aromatic rings. The minimum Gasteiger partial charge on any atom is -0.395 e. The van der Waals surface area contributed by atoms with Gasteiger partial charge in [0.2, 0.25) is 0 Å². The number of thiazole rings is 1. The van der Waals surface area contributed by atoms with Crippen molar-refractivity contribution in [1.29, 1.82) is 0 Å². The molecule has 0 bridgehead atoms. The quantitative estimate of drug-likeness (QED) is 0.889. The molecule has 108 valence electrons. The topological polar surface area (TPSA) is 85.8 Å². The molecule has 0 atom stereocenters. The Kier molecular flexibility index (Phi) is 3.56. The van der Waals surface area contributed by atoms with Crippen LogP contribution in [0.4, 0.5) is 10.8 Å². The van der Waals surface area contributed by atoms with Gasteiger partial charge < -0.3 is 5.73 Å². The van der Waals surface area contributed by atoms with E-state index in [2.05, 4.69) is 36.2 Å². The van der Waals surface area contributed by atoms with Gasteiger partial charge in [-0.2, -0.15) is 5.10 Å². The first-order valence-electron chi connectivity index (χ1n) is 6.26. The van der Waals surface area contributed by atoms with Crippen LogP contribution in [0.3, 0.4) is 0 Å². The van der Waals surface area contributed by atoms with E-state index < -0.39 is 0 Å². The van der Waals surface area contributed by atoms with Gasteiger partial charge in [0.25, 0.3) is 5.91 Å². The van der Waals surface area contributed by atoms with Crippen LogP contribution in [-0.4, -0.2) is 20.7 Å². The molecule has 0 aromatic carbocycles. The molecule has 0 saturated carbocycles. The van der Waals surface area contributed by atoms with Gasteiger partial charge >= 0.3 is 0 Å². The summed E-state index contributed by atoms with van der Waals surface area (Å²) in [6.07, 6.45) is 0. The molecule has 3 N–H and O–H groups in total. The standard InChI is InChI=1S/C13H19N5OS/c1-7-9(14)10(18(5)17-7)11(19)16-12-15-8(6-20-12)13(2,3)4/h6H,14H2,1-5H3,(H,15,16,19). The summed E-state index contributed by atoms with van der Waals surface area (Å²) in [5, 5.41) is 9.42. The number of carbonyl (C=O) groups excluding carboxylic acids is 1. The van der Waals surface area contributed by atoms with Crippen molar-refractivity contribution in [3.8, 4) is 0 Å². The second kappa shape index (κ2) is 4.90. The first kappa shape index (κ1) is 14.5. The number of nitrogens with zero attached hydrogens (tertiary/aromatic N) is 3. The smallest absolute Gasteiger partial charge is 0.277 e. The van der Waals surface area contributed by atoms with Gasteiger partial charge in [0, 0.05) is 17.8 Å². The predicted molar refractivity (Wildman–Crippen MR) is 81.1 cm³/mol. The number of hydrogen-bond acceptors (Lipinski definition) is 5. The largest absolute Gasteiger partial charge is 0.395 e. The molecule has 0 aliphatic heterocycles. The van der Waals surface area contributed by atoms with Crippen molar-refractivity contribution < 1.29 is 4.79 Å². The second-order valence-corrected chi connectivity index (χ2v) is 6.57. The van der Waals surface area contributed by atoms with E-state index >= 15 is 0 Å². The molecule has 1 amide bonds. The van der Waals surface area contributed by atoms with Gasteiger partial charge in [-0.05, 0) is 6.92 Å². The maximum absolute atomic E-state index is 12.2. The number of nitrogen functional groups attached to an aromatic ring is 1. The third kappa shape index (κ3) is 2.67. The zero-order chi connectivity index (χ0) is 15.1. The summed E-state index contributed by atoms with van der Waals surface area (Å²) in [5.41, 5.74) is 8.18. The minimum atomic E-state index is -0.291. The third-order valence-corrected chi connectivity index (χ3v) is 3.73. The molecule has 2 aromatic heterocycles. The van der Waals surface area contributed by atoms with E-state index in [0.29, 0.717) is 22.2 Å². The van der Waals surface area contributed by atoms with Gasteiger partial charge in [0.05, 0.1) is 17.1 Å². The van der Waals surface area contributed by atoms with Crippen LogP contribution in [0.15, 0.2) is 5.38 Å². The van der Waals surface area contributed by atoms with Crippen LogP contribution in [0.1, 0.15) is 42.6 Å². The number of nitrogens with two attached hydrogens (primary N) is 1. The fourth-order valence-electron chi connectivity index (χ4n) is 1.78. The van der Waals surface area contributed by atoms with E-state index in [-0.39, 0.29) is 11.3 Å². The molecule has 6 nitrogen and oxygen atoms in total. The molecule has 2 heterocycles. The highest BCUT2D eigenvalue weighted by atomic mass is 32.1. The van der Waals surface area contributed by atoms with Crippen molar-refractivity contribution in [2.24, 2.45) is 7.05 Å². The molecular weight excluding hydrogens is 274 g/mol. The summed E-state index contributed by atoms with van der Waals surface area (Å²) < 4.78 is 1.48. The van der Waals surface area contributed by atoms with Crippen LogP contribution in [0.25, 0.3) is 0 Å². The number of carbonyl (C=O) groups is 1. The van der Waals surface area contributed by atoms with Gasteiger partial charge in [-0.3, -0.25) is 14.8 Å². The van der Waals surface area contributed by atoms with Crippen LogP contribution in [0.2, 0.25) is 0 Å². The molecule has 0 unspecified atom stereocenters. The molecule has 0 saturated heterocycles. The van der Waals surface area contributed by atoms with Crippen LogP contribution >= 0.6 is 11.3 Å². The van der Waals surface area contributed by atoms with E-state index in [0.717, 1.165) is 5.69 Å². The number of hydrogen-bond donors (Lipinski definition) is 2. The Morgan fingerprint density at radius 3 is 2.55 bits per heavy atom. The van der Waals surface area contributed by atoms with E-state index in [4.69, 9.17) is 5.73 Å². The Bertz CT molecular complexity index is 650. The molecule has 20 heavy (non-hydrogen) atoms. The second-order valence-electron chi connectivity index (χ2n) is 5.71. The fourth-order valence-corrected chi connectivity index (χ4v) is 2.71. The Labute approximate surface area is 122 Å². The number of anilines is 2. The summed E-state index contributed by atoms with van der Waals surface area (Å²) in [4.78, 5) is 16.7. The number of nitrogens with one attached hydrogen (secondary N) is 1. The van der Waals surface area contributed by atoms with Gasteiger partial charge in [-0.15, -0.1) is 11.3 Å². The highest BCUT2D eigenvalue weighted by molar-refractivity contribution is 7.14. The highest BCUT2D eigenvalue weighted by Gasteiger charge is 2.21. The van der Waals surface area contributed by atoms with Crippen molar-refractivity contribution in [1.82, 2.24) is 14.8 Å². The Hall–Kier alpha value is -1.89. The van der Waals surface area contributed by atoms with E-state index in [1.165, 1.54) is 16.0 Å². The first-order valence-corrected chi connectivity index (χ1v) is 7.14. The fraction of sp³-hybridized carbons (Fsp3) is 0.462. The Morgan fingerprint density at radius 1 is 1.45 bits per heavy atom. The average molecular weight is 293 g/mol. The van der Waals surface area contributed by atoms with Crippen molar-refractivity contribution in [3.05, 3.63) is 22.5 Å². The van der Waals surface area contributed by atoms with Crippen molar-refractivity contribution >= 4 is 28.1 Å². The molecule has 0 spiro atoms. The lowest BCUT2D eigenvalue weighted by atomic mass is 9.93. The van der Waals surface area contributed by atoms with E-state index in [9.17, 15) is 4.79 Å². The zero-order valence-corrected chi connectivity index (χ0v) is 13.1. The normalized spacial score (nSPS) is 11.7. The highest BCUT2D eigenvalue weighted by Crippen LogP contribution is 2.27. The lowest BCUT2D eigenvalue weighted by Gasteiger charge is -2.14. The molecule has 0 aliphatic carbocycles. The van der Waals surface area contributed by atoms with Gasteiger partial charge in [0.1, 0.15) is 5.69 Å². The molecule has 7 heteroatoms. The summed E-state index contributed by atoms with van der Waals surface area (Å²) in [6, 6.07) is 0. The van der Waals surface area contributed by atoms with E-state index in [1.807, 2.05) is 5.38 Å². The minimum absolute atomic E-state index is 0.0401. The predicted octanol–water partition coefficient (Wildman–Crippen LogP) is 2.32. The van der Waals surface area contributed by atoms with Crippen LogP contribution in [0, 0.1) is 6.92 Å². The number of amides is 1. The molecule has 0 radical (unpaired) electrons. The maximum atomic E-state index is 12.2. The lowest BCUT2D eigenvalue weighted by molar-refractivity contribution is 0.101. The Balaban J connectivity index is 2.22. The summed E-state index contributed by atoms with van der Waals surface area (Å²) in [5.74, 6) is -0.291. The average Bonchev–Trinajstić information content (AvgIpc) is 2.85. The summed E-state index contributed by atoms with van der Waals surface area (Å²) in [6.45, 7) is 8.01.